The van der Waals surface area contributed by atoms with Crippen molar-refractivity contribution in [3.05, 3.63) is 66.0 Å². The van der Waals surface area contributed by atoms with Crippen LogP contribution in [-0.4, -0.2) is 64.8 Å². The highest BCUT2D eigenvalue weighted by molar-refractivity contribution is 6.03. The molecule has 0 bridgehead atoms. The summed E-state index contributed by atoms with van der Waals surface area (Å²) in [7, 11) is 0. The molecule has 204 valence electrons. The molecule has 1 saturated carbocycles. The van der Waals surface area contributed by atoms with Gasteiger partial charge in [0.05, 0.1) is 18.9 Å². The summed E-state index contributed by atoms with van der Waals surface area (Å²) >= 11 is 0. The fourth-order valence-corrected chi connectivity index (χ4v) is 4.64. The first-order valence-electron chi connectivity index (χ1n) is 12.4. The lowest BCUT2D eigenvalue weighted by Crippen LogP contribution is -2.51. The topological polar surface area (TPSA) is 120 Å². The van der Waals surface area contributed by atoms with Crippen LogP contribution in [0.15, 0.2) is 54.9 Å². The minimum Gasteiger partial charge on any atom is -0.404 e. The maximum Gasteiger partial charge on any atom is 0.573 e. The highest BCUT2D eigenvalue weighted by Crippen LogP contribution is 2.44. The van der Waals surface area contributed by atoms with Gasteiger partial charge in [0.25, 0.3) is 0 Å². The van der Waals surface area contributed by atoms with Gasteiger partial charge in [-0.2, -0.15) is 0 Å². The van der Waals surface area contributed by atoms with Crippen LogP contribution in [0.5, 0.6) is 5.75 Å². The van der Waals surface area contributed by atoms with Crippen LogP contribution in [-0.2, 0) is 16.0 Å². The maximum absolute atomic E-state index is 13.2. The number of anilines is 2. The number of ketones is 1. The minimum absolute atomic E-state index is 0.00307. The fourth-order valence-electron chi connectivity index (χ4n) is 4.64. The molecule has 1 aliphatic heterocycles. The molecule has 1 aromatic heterocycles. The number of carbonyl (C=O) groups is 2. The van der Waals surface area contributed by atoms with E-state index in [0.717, 1.165) is 17.2 Å². The summed E-state index contributed by atoms with van der Waals surface area (Å²) in [6.45, 7) is 2.08. The predicted octanol–water partition coefficient (Wildman–Crippen LogP) is 3.85. The van der Waals surface area contributed by atoms with Gasteiger partial charge in [-0.3, -0.25) is 14.5 Å². The number of nitrogens with two attached hydrogens (primary N) is 1. The fraction of sp³-hybridized carbons (Fsp3) is 0.333. The van der Waals surface area contributed by atoms with E-state index in [2.05, 4.69) is 20.0 Å². The van der Waals surface area contributed by atoms with Crippen LogP contribution in [0.3, 0.4) is 0 Å². The van der Waals surface area contributed by atoms with Crippen molar-refractivity contribution in [3.8, 4) is 16.9 Å². The SMILES string of the molecule is Nc1ncc(-c2ccc(CC(=O)c3ccc(OC(F)(F)F)c(NC(=O)C4(N5CCOCC5)CC4)c3)cc2)cn1. The number of ether oxygens (including phenoxy) is 2. The number of aromatic nitrogens is 2. The Hall–Kier alpha value is -4.03. The number of morpholine rings is 1. The lowest BCUT2D eigenvalue weighted by molar-refractivity contribution is -0.274. The summed E-state index contributed by atoms with van der Waals surface area (Å²) in [5.41, 5.74) is 6.95. The van der Waals surface area contributed by atoms with Crippen LogP contribution in [0.25, 0.3) is 11.1 Å². The molecule has 2 aromatic carbocycles. The number of halogens is 3. The predicted molar refractivity (Wildman–Crippen MR) is 136 cm³/mol. The third kappa shape index (κ3) is 6.18. The van der Waals surface area contributed by atoms with E-state index >= 15 is 0 Å². The number of amides is 1. The Bertz CT molecular complexity index is 1350. The minimum atomic E-state index is -4.97. The first kappa shape index (κ1) is 26.6. The molecule has 39 heavy (non-hydrogen) atoms. The van der Waals surface area contributed by atoms with Crippen molar-refractivity contribution >= 4 is 23.3 Å². The largest absolute Gasteiger partial charge is 0.573 e. The molecule has 2 fully saturated rings. The molecule has 1 saturated heterocycles. The number of Topliss-reactive ketones (excluding diaryl/α,β-unsaturated/α-hetero) is 1. The molecule has 3 aromatic rings. The van der Waals surface area contributed by atoms with Crippen LogP contribution < -0.4 is 15.8 Å². The Labute approximate surface area is 222 Å². The van der Waals surface area contributed by atoms with Crippen molar-refractivity contribution in [1.29, 1.82) is 0 Å². The van der Waals surface area contributed by atoms with E-state index in [0.29, 0.717) is 44.7 Å². The summed E-state index contributed by atoms with van der Waals surface area (Å²) < 4.78 is 48.7. The molecular weight excluding hydrogens is 515 g/mol. The monoisotopic (exact) mass is 541 g/mol. The van der Waals surface area contributed by atoms with Gasteiger partial charge in [0.1, 0.15) is 5.54 Å². The number of benzene rings is 2. The Morgan fingerprint density at radius 3 is 2.31 bits per heavy atom. The van der Waals surface area contributed by atoms with Crippen LogP contribution in [0.1, 0.15) is 28.8 Å². The maximum atomic E-state index is 13.2. The van der Waals surface area contributed by atoms with Crippen LogP contribution >= 0.6 is 0 Å². The van der Waals surface area contributed by atoms with Gasteiger partial charge in [0, 0.05) is 43.0 Å². The zero-order valence-electron chi connectivity index (χ0n) is 20.8. The second-order valence-corrected chi connectivity index (χ2v) is 9.47. The molecule has 0 radical (unpaired) electrons. The van der Waals surface area contributed by atoms with E-state index in [9.17, 15) is 22.8 Å². The summed E-state index contributed by atoms with van der Waals surface area (Å²) in [6.07, 6.45) is -0.606. The number of nitrogen functional groups attached to an aromatic ring is 1. The first-order valence-corrected chi connectivity index (χ1v) is 12.4. The Kier molecular flexibility index (Phi) is 7.23. The summed E-state index contributed by atoms with van der Waals surface area (Å²) in [6, 6.07) is 10.7. The number of alkyl halides is 3. The van der Waals surface area contributed by atoms with E-state index in [1.54, 1.807) is 24.5 Å². The molecule has 0 atom stereocenters. The molecular formula is C27H26F3N5O4. The normalized spacial score (nSPS) is 16.9. The number of carbonyl (C=O) groups excluding carboxylic acids is 2. The van der Waals surface area contributed by atoms with Gasteiger partial charge in [-0.05, 0) is 42.2 Å². The average Bonchev–Trinajstić information content (AvgIpc) is 3.73. The zero-order chi connectivity index (χ0) is 27.6. The zero-order valence-corrected chi connectivity index (χ0v) is 20.8. The van der Waals surface area contributed by atoms with Crippen molar-refractivity contribution in [2.45, 2.75) is 31.2 Å². The Morgan fingerprint density at radius 1 is 1.03 bits per heavy atom. The smallest absolute Gasteiger partial charge is 0.404 e. The summed E-state index contributed by atoms with van der Waals surface area (Å²) in [5.74, 6) is -1.18. The number of nitrogens with zero attached hydrogens (tertiary/aromatic N) is 3. The number of rotatable bonds is 8. The standard InChI is InChI=1S/C27H26F3N5O4/c28-27(29,30)39-23-6-5-19(14-21(23)34-24(37)26(7-8-26)35-9-11-38-12-10-35)22(36)13-17-1-3-18(4-2-17)20-15-32-25(31)33-16-20/h1-6,14-16H,7-13H2,(H,34,37)(H2,31,32,33). The highest BCUT2D eigenvalue weighted by atomic mass is 19.4. The van der Waals surface area contributed by atoms with E-state index in [4.69, 9.17) is 10.5 Å². The molecule has 0 spiro atoms. The quantitative estimate of drug-likeness (QED) is 0.413. The van der Waals surface area contributed by atoms with E-state index in [1.165, 1.54) is 12.1 Å². The van der Waals surface area contributed by atoms with Crippen molar-refractivity contribution in [2.24, 2.45) is 0 Å². The number of hydrogen-bond acceptors (Lipinski definition) is 8. The Morgan fingerprint density at radius 2 is 1.69 bits per heavy atom. The average molecular weight is 542 g/mol. The lowest BCUT2D eigenvalue weighted by Gasteiger charge is -2.34. The molecule has 2 heterocycles. The summed E-state index contributed by atoms with van der Waals surface area (Å²) in [5, 5.41) is 2.60. The van der Waals surface area contributed by atoms with Crippen molar-refractivity contribution in [1.82, 2.24) is 14.9 Å². The van der Waals surface area contributed by atoms with Crippen molar-refractivity contribution < 1.29 is 32.2 Å². The highest BCUT2D eigenvalue weighted by Gasteiger charge is 2.54. The number of nitrogens with one attached hydrogen (secondary N) is 1. The number of hydrogen-bond donors (Lipinski definition) is 2. The van der Waals surface area contributed by atoms with Gasteiger partial charge in [-0.15, -0.1) is 13.2 Å². The third-order valence-electron chi connectivity index (χ3n) is 6.86. The van der Waals surface area contributed by atoms with Crippen LogP contribution in [0.4, 0.5) is 24.8 Å². The molecule has 3 N–H and O–H groups in total. The second kappa shape index (κ2) is 10.6. The van der Waals surface area contributed by atoms with Gasteiger partial charge in [0.2, 0.25) is 11.9 Å². The van der Waals surface area contributed by atoms with E-state index in [-0.39, 0.29) is 29.4 Å². The first-order chi connectivity index (χ1) is 18.6. The second-order valence-electron chi connectivity index (χ2n) is 9.47. The van der Waals surface area contributed by atoms with Crippen LogP contribution in [0.2, 0.25) is 0 Å². The van der Waals surface area contributed by atoms with Gasteiger partial charge in [0.15, 0.2) is 11.5 Å². The van der Waals surface area contributed by atoms with Gasteiger partial charge in [-0.1, -0.05) is 24.3 Å². The molecule has 1 aliphatic carbocycles. The summed E-state index contributed by atoms with van der Waals surface area (Å²) in [4.78, 5) is 36.2. The molecule has 9 nitrogen and oxygen atoms in total. The van der Waals surface area contributed by atoms with Gasteiger partial charge >= 0.3 is 6.36 Å². The Balaban J connectivity index is 1.33. The molecule has 0 unspecified atom stereocenters. The third-order valence-corrected chi connectivity index (χ3v) is 6.86. The molecule has 5 rings (SSSR count). The molecule has 2 aliphatic rings. The van der Waals surface area contributed by atoms with Gasteiger partial charge in [-0.25, -0.2) is 9.97 Å². The van der Waals surface area contributed by atoms with Crippen LogP contribution in [0, 0.1) is 0 Å². The van der Waals surface area contributed by atoms with E-state index < -0.39 is 23.6 Å². The molecule has 12 heteroatoms. The lowest BCUT2D eigenvalue weighted by atomic mass is 10.00. The van der Waals surface area contributed by atoms with E-state index in [1.807, 2.05) is 17.0 Å². The van der Waals surface area contributed by atoms with Crippen molar-refractivity contribution in [2.75, 3.05) is 37.4 Å². The molecule has 1 amide bonds. The van der Waals surface area contributed by atoms with Crippen molar-refractivity contribution in [3.63, 3.8) is 0 Å². The van der Waals surface area contributed by atoms with Gasteiger partial charge < -0.3 is 20.5 Å².